The van der Waals surface area contributed by atoms with Gasteiger partial charge in [-0.15, -0.1) is 0 Å². The fourth-order valence-electron chi connectivity index (χ4n) is 2.64. The maximum atomic E-state index is 5.90. The predicted octanol–water partition coefficient (Wildman–Crippen LogP) is 2.01. The minimum atomic E-state index is 0.172. The predicted molar refractivity (Wildman–Crippen MR) is 77.1 cm³/mol. The van der Waals surface area contributed by atoms with Crippen LogP contribution in [0.3, 0.4) is 0 Å². The Morgan fingerprint density at radius 2 is 2.26 bits per heavy atom. The molecule has 1 aromatic heterocycles. The lowest BCUT2D eigenvalue weighted by molar-refractivity contribution is 0.0897. The molecule has 1 aliphatic rings. The molecule has 1 saturated carbocycles. The number of nitrogens with one attached hydrogen (secondary N) is 1. The summed E-state index contributed by atoms with van der Waals surface area (Å²) < 4.78 is 5.34. The number of aliphatic imine (C=N–C) groups is 1. The molecule has 5 heteroatoms. The zero-order chi connectivity index (χ0) is 13.6. The molecular formula is C14H22N4O. The van der Waals surface area contributed by atoms with Crippen molar-refractivity contribution in [1.29, 1.82) is 0 Å². The van der Waals surface area contributed by atoms with E-state index in [-0.39, 0.29) is 5.41 Å². The van der Waals surface area contributed by atoms with Crippen LogP contribution in [-0.4, -0.2) is 31.2 Å². The summed E-state index contributed by atoms with van der Waals surface area (Å²) in [4.78, 5) is 8.61. The summed E-state index contributed by atoms with van der Waals surface area (Å²) in [7, 11) is 1.75. The van der Waals surface area contributed by atoms with E-state index in [0.717, 1.165) is 12.4 Å². The largest absolute Gasteiger partial charge is 0.384 e. The second-order valence-corrected chi connectivity index (χ2v) is 5.18. The molecule has 5 nitrogen and oxygen atoms in total. The molecular weight excluding hydrogens is 240 g/mol. The first-order chi connectivity index (χ1) is 9.24. The van der Waals surface area contributed by atoms with E-state index in [1.54, 1.807) is 13.3 Å². The van der Waals surface area contributed by atoms with Crippen LogP contribution in [0.5, 0.6) is 0 Å². The molecule has 0 amide bonds. The minimum absolute atomic E-state index is 0.172. The van der Waals surface area contributed by atoms with Crippen molar-refractivity contribution in [3.63, 3.8) is 0 Å². The first-order valence-electron chi connectivity index (χ1n) is 6.71. The maximum Gasteiger partial charge on any atom is 0.194 e. The quantitative estimate of drug-likeness (QED) is 0.629. The van der Waals surface area contributed by atoms with Gasteiger partial charge in [-0.3, -0.25) is 4.99 Å². The third-order valence-corrected chi connectivity index (χ3v) is 3.62. The Hall–Kier alpha value is -1.62. The molecule has 1 aromatic rings. The standard InChI is InChI=1S/C14H22N4O/c1-19-11-14(7-3-4-8-14)10-17-13(15)18-12-6-2-5-9-16-12/h2,5-6,9H,3-4,7-8,10-11H2,1H3,(H3,15,16,17,18). The first-order valence-corrected chi connectivity index (χ1v) is 6.71. The number of nitrogens with two attached hydrogens (primary N) is 1. The Kier molecular flexibility index (Phi) is 4.74. The van der Waals surface area contributed by atoms with E-state index in [1.807, 2.05) is 18.2 Å². The first kappa shape index (κ1) is 13.8. The second-order valence-electron chi connectivity index (χ2n) is 5.18. The van der Waals surface area contributed by atoms with Gasteiger partial charge in [-0.05, 0) is 25.0 Å². The zero-order valence-electron chi connectivity index (χ0n) is 11.4. The summed E-state index contributed by atoms with van der Waals surface area (Å²) in [6.45, 7) is 1.47. The number of anilines is 1. The second kappa shape index (κ2) is 6.52. The Morgan fingerprint density at radius 3 is 2.89 bits per heavy atom. The number of guanidine groups is 1. The van der Waals surface area contributed by atoms with Crippen molar-refractivity contribution < 1.29 is 4.74 Å². The van der Waals surface area contributed by atoms with Gasteiger partial charge >= 0.3 is 0 Å². The lowest BCUT2D eigenvalue weighted by atomic mass is 9.87. The van der Waals surface area contributed by atoms with Crippen LogP contribution in [0, 0.1) is 5.41 Å². The van der Waals surface area contributed by atoms with Gasteiger partial charge in [-0.2, -0.15) is 0 Å². The molecule has 0 unspecified atom stereocenters. The SMILES string of the molecule is COCC1(CN=C(N)Nc2ccccn2)CCCC1. The van der Waals surface area contributed by atoms with Gasteiger partial charge in [0.1, 0.15) is 5.82 Å². The van der Waals surface area contributed by atoms with Crippen LogP contribution in [-0.2, 0) is 4.74 Å². The van der Waals surface area contributed by atoms with E-state index in [9.17, 15) is 0 Å². The number of nitrogens with zero attached hydrogens (tertiary/aromatic N) is 2. The molecule has 0 atom stereocenters. The zero-order valence-corrected chi connectivity index (χ0v) is 11.4. The normalized spacial score (nSPS) is 18.5. The molecule has 0 bridgehead atoms. The lowest BCUT2D eigenvalue weighted by Gasteiger charge is -2.26. The van der Waals surface area contributed by atoms with Crippen molar-refractivity contribution in [3.05, 3.63) is 24.4 Å². The van der Waals surface area contributed by atoms with Gasteiger partial charge in [0.15, 0.2) is 5.96 Å². The number of rotatable bonds is 5. The number of methoxy groups -OCH3 is 1. The Morgan fingerprint density at radius 1 is 1.47 bits per heavy atom. The Bertz CT molecular complexity index is 413. The molecule has 19 heavy (non-hydrogen) atoms. The molecule has 1 aliphatic carbocycles. The fraction of sp³-hybridized carbons (Fsp3) is 0.571. The summed E-state index contributed by atoms with van der Waals surface area (Å²) >= 11 is 0. The van der Waals surface area contributed by atoms with E-state index in [0.29, 0.717) is 12.5 Å². The van der Waals surface area contributed by atoms with Crippen LogP contribution >= 0.6 is 0 Å². The molecule has 0 saturated heterocycles. The molecule has 0 spiro atoms. The highest BCUT2D eigenvalue weighted by atomic mass is 16.5. The summed E-state index contributed by atoms with van der Waals surface area (Å²) in [5, 5.41) is 3.00. The lowest BCUT2D eigenvalue weighted by Crippen LogP contribution is -2.30. The number of aromatic nitrogens is 1. The van der Waals surface area contributed by atoms with Crippen molar-refractivity contribution >= 4 is 11.8 Å². The van der Waals surface area contributed by atoms with E-state index in [1.165, 1.54) is 25.7 Å². The van der Waals surface area contributed by atoms with Crippen LogP contribution in [0.1, 0.15) is 25.7 Å². The molecule has 0 aliphatic heterocycles. The van der Waals surface area contributed by atoms with Crippen LogP contribution in [0.15, 0.2) is 29.4 Å². The molecule has 0 radical (unpaired) electrons. The van der Waals surface area contributed by atoms with Gasteiger partial charge in [-0.25, -0.2) is 4.98 Å². The summed E-state index contributed by atoms with van der Waals surface area (Å²) in [5.74, 6) is 1.14. The summed E-state index contributed by atoms with van der Waals surface area (Å²) in [6.07, 6.45) is 6.57. The number of ether oxygens (including phenoxy) is 1. The van der Waals surface area contributed by atoms with Crippen molar-refractivity contribution in [2.45, 2.75) is 25.7 Å². The van der Waals surface area contributed by atoms with Gasteiger partial charge in [0.05, 0.1) is 13.2 Å². The highest BCUT2D eigenvalue weighted by molar-refractivity contribution is 5.91. The highest BCUT2D eigenvalue weighted by Crippen LogP contribution is 2.38. The molecule has 0 aromatic carbocycles. The van der Waals surface area contributed by atoms with E-state index in [4.69, 9.17) is 10.5 Å². The highest BCUT2D eigenvalue weighted by Gasteiger charge is 2.33. The fourth-order valence-corrected chi connectivity index (χ4v) is 2.64. The topological polar surface area (TPSA) is 72.5 Å². The third kappa shape index (κ3) is 3.92. The van der Waals surface area contributed by atoms with Gasteiger partial charge < -0.3 is 15.8 Å². The van der Waals surface area contributed by atoms with Gasteiger partial charge in [-0.1, -0.05) is 18.9 Å². The van der Waals surface area contributed by atoms with E-state index >= 15 is 0 Å². The average Bonchev–Trinajstić information content (AvgIpc) is 2.87. The van der Waals surface area contributed by atoms with Crippen LogP contribution in [0.2, 0.25) is 0 Å². The van der Waals surface area contributed by atoms with Gasteiger partial charge in [0.25, 0.3) is 0 Å². The van der Waals surface area contributed by atoms with Crippen LogP contribution in [0.4, 0.5) is 5.82 Å². The van der Waals surface area contributed by atoms with Crippen molar-refractivity contribution in [2.24, 2.45) is 16.1 Å². The van der Waals surface area contributed by atoms with E-state index in [2.05, 4.69) is 15.3 Å². The van der Waals surface area contributed by atoms with Crippen LogP contribution in [0.25, 0.3) is 0 Å². The van der Waals surface area contributed by atoms with Crippen LogP contribution < -0.4 is 11.1 Å². The molecule has 1 fully saturated rings. The van der Waals surface area contributed by atoms with Gasteiger partial charge in [0, 0.05) is 18.7 Å². The van der Waals surface area contributed by atoms with E-state index < -0.39 is 0 Å². The van der Waals surface area contributed by atoms with Crippen molar-refractivity contribution in [3.8, 4) is 0 Å². The molecule has 104 valence electrons. The molecule has 2 rings (SSSR count). The maximum absolute atomic E-state index is 5.90. The Labute approximate surface area is 114 Å². The number of pyridine rings is 1. The summed E-state index contributed by atoms with van der Waals surface area (Å²) in [5.41, 5.74) is 6.07. The average molecular weight is 262 g/mol. The Balaban J connectivity index is 1.93. The number of hydrogen-bond acceptors (Lipinski definition) is 3. The third-order valence-electron chi connectivity index (χ3n) is 3.62. The summed E-state index contributed by atoms with van der Waals surface area (Å²) in [6, 6.07) is 5.64. The monoisotopic (exact) mass is 262 g/mol. The smallest absolute Gasteiger partial charge is 0.194 e. The van der Waals surface area contributed by atoms with Crippen molar-refractivity contribution in [1.82, 2.24) is 4.98 Å². The molecule has 3 N–H and O–H groups in total. The molecule has 1 heterocycles. The number of hydrogen-bond donors (Lipinski definition) is 2. The van der Waals surface area contributed by atoms with Gasteiger partial charge in [0.2, 0.25) is 0 Å². The minimum Gasteiger partial charge on any atom is -0.384 e. The van der Waals surface area contributed by atoms with Crippen molar-refractivity contribution in [2.75, 3.05) is 25.6 Å².